The van der Waals surface area contributed by atoms with Crippen molar-refractivity contribution in [2.75, 3.05) is 24.3 Å². The molecule has 1 atom stereocenters. The van der Waals surface area contributed by atoms with Crippen molar-refractivity contribution in [3.05, 3.63) is 102 Å². The van der Waals surface area contributed by atoms with E-state index in [1.807, 2.05) is 6.07 Å². The van der Waals surface area contributed by atoms with E-state index in [-0.39, 0.29) is 16.5 Å². The Morgan fingerprint density at radius 1 is 0.805 bits per heavy atom. The van der Waals surface area contributed by atoms with Gasteiger partial charge in [-0.15, -0.1) is 0 Å². The van der Waals surface area contributed by atoms with Crippen molar-refractivity contribution >= 4 is 44.3 Å². The zero-order valence-electron chi connectivity index (χ0n) is 22.1. The minimum atomic E-state index is -4.19. The molecule has 5 rings (SSSR count). The highest BCUT2D eigenvalue weighted by atomic mass is 32.2. The number of amides is 1. The maximum absolute atomic E-state index is 13.7. The fraction of sp³-hybridized carbons (Fsp3) is 0.103. The number of nitrogens with one attached hydrogen (secondary N) is 2. The van der Waals surface area contributed by atoms with E-state index in [0.29, 0.717) is 39.3 Å². The van der Waals surface area contributed by atoms with Crippen LogP contribution in [-0.4, -0.2) is 43.5 Å². The third-order valence-electron chi connectivity index (χ3n) is 6.24. The van der Waals surface area contributed by atoms with Crippen LogP contribution in [-0.2, 0) is 14.8 Å². The molecule has 0 spiro atoms. The quantitative estimate of drug-likeness (QED) is 0.224. The molecule has 0 aliphatic rings. The highest BCUT2D eigenvalue weighted by molar-refractivity contribution is 7.92. The van der Waals surface area contributed by atoms with Gasteiger partial charge in [-0.05, 0) is 47.5 Å². The Hall–Kier alpha value is -5.23. The lowest BCUT2D eigenvalue weighted by Crippen LogP contribution is -2.23. The number of sulfonamides is 1. The van der Waals surface area contributed by atoms with Crippen molar-refractivity contribution in [1.82, 2.24) is 15.0 Å². The van der Waals surface area contributed by atoms with Crippen LogP contribution >= 0.6 is 0 Å². The van der Waals surface area contributed by atoms with Crippen LogP contribution in [0.5, 0.6) is 11.5 Å². The molecule has 0 aliphatic heterocycles. The summed E-state index contributed by atoms with van der Waals surface area (Å²) in [5.74, 6) is -0.314. The number of carbonyl (C=O) groups is 1. The molecule has 1 unspecified atom stereocenters. The van der Waals surface area contributed by atoms with Gasteiger partial charge in [-0.1, -0.05) is 24.3 Å². The number of para-hydroxylation sites is 2. The van der Waals surface area contributed by atoms with Gasteiger partial charge in [0.25, 0.3) is 10.0 Å². The van der Waals surface area contributed by atoms with Gasteiger partial charge in [-0.3, -0.25) is 14.5 Å². The summed E-state index contributed by atoms with van der Waals surface area (Å²) in [4.78, 5) is 25.4. The average molecular weight is 571 g/mol. The smallest absolute Gasteiger partial charge is 0.263 e. The second-order valence-corrected chi connectivity index (χ2v) is 10.6. The van der Waals surface area contributed by atoms with Gasteiger partial charge in [0.2, 0.25) is 5.91 Å². The zero-order valence-corrected chi connectivity index (χ0v) is 22.9. The molecular weight excluding hydrogens is 544 g/mol. The molecule has 0 bridgehead atoms. The van der Waals surface area contributed by atoms with Gasteiger partial charge in [0, 0.05) is 36.3 Å². The maximum atomic E-state index is 13.7. The minimum absolute atomic E-state index is 0.0310. The average Bonchev–Trinajstić information content (AvgIpc) is 2.97. The summed E-state index contributed by atoms with van der Waals surface area (Å²) >= 11 is 0. The van der Waals surface area contributed by atoms with Crippen LogP contribution in [0, 0.1) is 0 Å². The molecule has 4 N–H and O–H groups in total. The number of rotatable bonds is 10. The molecule has 11 nitrogen and oxygen atoms in total. The van der Waals surface area contributed by atoms with Crippen LogP contribution in [0.3, 0.4) is 0 Å². The molecule has 208 valence electrons. The van der Waals surface area contributed by atoms with Crippen molar-refractivity contribution in [1.29, 1.82) is 0 Å². The number of ether oxygens (including phenoxy) is 2. The Morgan fingerprint density at radius 3 is 2.05 bits per heavy atom. The van der Waals surface area contributed by atoms with E-state index >= 15 is 0 Å². The maximum Gasteiger partial charge on any atom is 0.263 e. The predicted molar refractivity (Wildman–Crippen MR) is 155 cm³/mol. The zero-order chi connectivity index (χ0) is 29.0. The first-order valence-corrected chi connectivity index (χ1v) is 13.8. The van der Waals surface area contributed by atoms with Gasteiger partial charge in [0.1, 0.15) is 11.5 Å². The number of primary amides is 1. The first-order chi connectivity index (χ1) is 19.8. The summed E-state index contributed by atoms with van der Waals surface area (Å²) in [6, 6.07) is 21.6. The molecule has 0 aliphatic carbocycles. The molecule has 41 heavy (non-hydrogen) atoms. The number of fused-ring (bicyclic) bond motifs is 1. The number of hydrogen-bond donors (Lipinski definition) is 3. The van der Waals surface area contributed by atoms with E-state index in [0.717, 1.165) is 0 Å². The number of aromatic nitrogens is 3. The molecule has 1 amide bonds. The molecule has 5 aromatic rings. The standard InChI is InChI=1S/C29H26N6O5S/c1-39-21-15-20(16-22(17-21)40-2)32-28-29(34-25-9-4-3-8-24(25)33-28)35-41(37,38)23-7-5-6-19(14-23)26(27(30)36)18-10-12-31-13-11-18/h3-17,26H,1-2H3,(H2,30,36)(H,32,33)(H,34,35). The van der Waals surface area contributed by atoms with E-state index < -0.39 is 21.8 Å². The minimum Gasteiger partial charge on any atom is -0.497 e. The lowest BCUT2D eigenvalue weighted by atomic mass is 9.91. The predicted octanol–water partition coefficient (Wildman–Crippen LogP) is 4.20. The number of hydrogen-bond acceptors (Lipinski definition) is 9. The number of anilines is 3. The lowest BCUT2D eigenvalue weighted by Gasteiger charge is -2.17. The van der Waals surface area contributed by atoms with E-state index in [1.165, 1.54) is 38.7 Å². The van der Waals surface area contributed by atoms with Crippen molar-refractivity contribution < 1.29 is 22.7 Å². The van der Waals surface area contributed by atoms with Crippen molar-refractivity contribution in [3.63, 3.8) is 0 Å². The SMILES string of the molecule is COc1cc(Nc2nc3ccccc3nc2NS(=O)(=O)c2cccc(C(C(N)=O)c3ccncc3)c2)cc(OC)c1. The highest BCUT2D eigenvalue weighted by Gasteiger charge is 2.24. The molecule has 0 saturated carbocycles. The first kappa shape index (κ1) is 27.3. The van der Waals surface area contributed by atoms with Crippen molar-refractivity contribution in [3.8, 4) is 11.5 Å². The van der Waals surface area contributed by atoms with Gasteiger partial charge in [0.15, 0.2) is 11.6 Å². The molecule has 0 saturated heterocycles. The Balaban J connectivity index is 1.54. The summed E-state index contributed by atoms with van der Waals surface area (Å²) in [6.45, 7) is 0. The van der Waals surface area contributed by atoms with Crippen LogP contribution in [0.4, 0.5) is 17.3 Å². The van der Waals surface area contributed by atoms with Gasteiger partial charge >= 0.3 is 0 Å². The third kappa shape index (κ3) is 6.02. The van der Waals surface area contributed by atoms with E-state index in [1.54, 1.807) is 60.7 Å². The topological polar surface area (TPSA) is 158 Å². The third-order valence-corrected chi connectivity index (χ3v) is 7.58. The molecular formula is C29H26N6O5S. The van der Waals surface area contributed by atoms with Crippen LogP contribution in [0.25, 0.3) is 11.0 Å². The number of carbonyl (C=O) groups excluding carboxylic acids is 1. The van der Waals surface area contributed by atoms with Crippen LogP contribution < -0.4 is 25.2 Å². The number of nitrogens with zero attached hydrogens (tertiary/aromatic N) is 3. The Bertz CT molecular complexity index is 1810. The fourth-order valence-corrected chi connectivity index (χ4v) is 5.36. The normalized spacial score (nSPS) is 12.0. The Morgan fingerprint density at radius 2 is 1.44 bits per heavy atom. The molecule has 12 heteroatoms. The lowest BCUT2D eigenvalue weighted by molar-refractivity contribution is -0.118. The number of pyridine rings is 1. The fourth-order valence-electron chi connectivity index (χ4n) is 4.30. The van der Waals surface area contributed by atoms with E-state index in [9.17, 15) is 13.2 Å². The summed E-state index contributed by atoms with van der Waals surface area (Å²) in [5.41, 5.74) is 8.28. The molecule has 2 heterocycles. The summed E-state index contributed by atoms with van der Waals surface area (Å²) in [6.07, 6.45) is 3.08. The molecule has 0 fully saturated rings. The highest BCUT2D eigenvalue weighted by Crippen LogP contribution is 2.32. The first-order valence-electron chi connectivity index (χ1n) is 12.4. The van der Waals surface area contributed by atoms with E-state index in [4.69, 9.17) is 15.2 Å². The summed E-state index contributed by atoms with van der Waals surface area (Å²) in [5, 5.41) is 3.13. The summed E-state index contributed by atoms with van der Waals surface area (Å²) in [7, 11) is -1.14. The Kier molecular flexibility index (Phi) is 7.66. The van der Waals surface area contributed by atoms with Crippen LogP contribution in [0.15, 0.2) is 96.2 Å². The van der Waals surface area contributed by atoms with Gasteiger partial charge < -0.3 is 20.5 Å². The summed E-state index contributed by atoms with van der Waals surface area (Å²) < 4.78 is 40.6. The van der Waals surface area contributed by atoms with Gasteiger partial charge in [0.05, 0.1) is 36.1 Å². The largest absolute Gasteiger partial charge is 0.497 e. The number of methoxy groups -OCH3 is 2. The van der Waals surface area contributed by atoms with Crippen LogP contribution in [0.2, 0.25) is 0 Å². The molecule has 3 aromatic carbocycles. The number of benzene rings is 3. The van der Waals surface area contributed by atoms with Gasteiger partial charge in [-0.2, -0.15) is 0 Å². The van der Waals surface area contributed by atoms with E-state index in [2.05, 4.69) is 25.0 Å². The monoisotopic (exact) mass is 570 g/mol. The number of nitrogens with two attached hydrogens (primary N) is 1. The van der Waals surface area contributed by atoms with Crippen molar-refractivity contribution in [2.24, 2.45) is 5.73 Å². The van der Waals surface area contributed by atoms with Gasteiger partial charge in [-0.25, -0.2) is 18.4 Å². The van der Waals surface area contributed by atoms with Crippen LogP contribution in [0.1, 0.15) is 17.0 Å². The second kappa shape index (κ2) is 11.5. The van der Waals surface area contributed by atoms with Crippen molar-refractivity contribution in [2.45, 2.75) is 10.8 Å². The second-order valence-electron chi connectivity index (χ2n) is 8.93. The Labute approximate surface area is 236 Å². The molecule has 0 radical (unpaired) electrons. The molecule has 2 aromatic heterocycles.